The fraction of sp³-hybridized carbons (Fsp3) is 0.333. The summed E-state index contributed by atoms with van der Waals surface area (Å²) >= 11 is 0. The molecule has 33 heavy (non-hydrogen) atoms. The topological polar surface area (TPSA) is 18.5 Å². The quantitative estimate of drug-likeness (QED) is 0.282. The largest absolute Gasteiger partial charge is 0.353 e. The molecule has 2 nitrogen and oxygen atoms in total. The van der Waals surface area contributed by atoms with Crippen LogP contribution in [-0.4, -0.2) is 19.0 Å². The van der Waals surface area contributed by atoms with Gasteiger partial charge in [0, 0.05) is 6.61 Å². The maximum Gasteiger partial charge on any atom is 0.157 e. The molecule has 3 aromatic rings. The summed E-state index contributed by atoms with van der Waals surface area (Å²) in [5, 5.41) is 4.18. The zero-order chi connectivity index (χ0) is 22.9. The first-order valence-electron chi connectivity index (χ1n) is 12.1. The third-order valence-electron chi connectivity index (χ3n) is 6.07. The van der Waals surface area contributed by atoms with Crippen LogP contribution in [0.1, 0.15) is 43.7 Å². The van der Waals surface area contributed by atoms with E-state index in [2.05, 4.69) is 105 Å². The summed E-state index contributed by atoms with van der Waals surface area (Å²) in [7, 11) is -0.647. The van der Waals surface area contributed by atoms with E-state index >= 15 is 0 Å². The zero-order valence-electron chi connectivity index (χ0n) is 19.8. The van der Waals surface area contributed by atoms with Crippen LogP contribution in [0.2, 0.25) is 0 Å². The predicted octanol–water partition coefficient (Wildman–Crippen LogP) is 6.17. The molecule has 3 heteroatoms. The second-order valence-corrected chi connectivity index (χ2v) is 10.9. The van der Waals surface area contributed by atoms with Crippen molar-refractivity contribution in [3.05, 3.63) is 102 Å². The average Bonchev–Trinajstić information content (AvgIpc) is 2.86. The molecule has 0 amide bonds. The zero-order valence-corrected chi connectivity index (χ0v) is 20.7. The molecule has 0 bridgehead atoms. The van der Waals surface area contributed by atoms with Crippen molar-refractivity contribution in [2.24, 2.45) is 0 Å². The van der Waals surface area contributed by atoms with Crippen molar-refractivity contribution < 1.29 is 9.47 Å². The molecule has 0 radical (unpaired) electrons. The number of hydrogen-bond donors (Lipinski definition) is 0. The third kappa shape index (κ3) is 6.64. The van der Waals surface area contributed by atoms with Gasteiger partial charge in [0.05, 0.1) is 6.10 Å². The van der Waals surface area contributed by atoms with Crippen LogP contribution in [0.4, 0.5) is 0 Å². The Hall–Kier alpha value is -2.25. The Labute approximate surface area is 200 Å². The highest BCUT2D eigenvalue weighted by Gasteiger charge is 2.24. The van der Waals surface area contributed by atoms with Crippen LogP contribution in [0, 0.1) is 6.92 Å². The number of aryl methyl sites for hydroxylation is 1. The van der Waals surface area contributed by atoms with E-state index in [0.29, 0.717) is 0 Å². The number of benzene rings is 3. The minimum atomic E-state index is -0.647. The normalized spacial score (nSPS) is 17.5. The fourth-order valence-corrected chi connectivity index (χ4v) is 6.89. The molecule has 0 aromatic heterocycles. The molecule has 1 saturated heterocycles. The number of rotatable bonds is 9. The van der Waals surface area contributed by atoms with Gasteiger partial charge in [0.15, 0.2) is 6.29 Å². The molecule has 1 fully saturated rings. The van der Waals surface area contributed by atoms with Gasteiger partial charge in [-0.2, -0.15) is 0 Å². The number of hydrogen-bond acceptors (Lipinski definition) is 2. The van der Waals surface area contributed by atoms with Crippen LogP contribution in [0.25, 0.3) is 0 Å². The van der Waals surface area contributed by atoms with E-state index in [0.717, 1.165) is 32.3 Å². The van der Waals surface area contributed by atoms with Crippen LogP contribution < -0.4 is 15.9 Å². The Morgan fingerprint density at radius 2 is 1.67 bits per heavy atom. The van der Waals surface area contributed by atoms with Crippen molar-refractivity contribution in [3.8, 4) is 0 Å². The molecule has 1 heterocycles. The van der Waals surface area contributed by atoms with Crippen molar-refractivity contribution in [1.82, 2.24) is 0 Å². The summed E-state index contributed by atoms with van der Waals surface area (Å²) in [4.78, 5) is 0. The van der Waals surface area contributed by atoms with Gasteiger partial charge < -0.3 is 9.47 Å². The van der Waals surface area contributed by atoms with Gasteiger partial charge in [0.1, 0.15) is 0 Å². The Balaban J connectivity index is 1.70. The van der Waals surface area contributed by atoms with Gasteiger partial charge in [0.2, 0.25) is 0 Å². The van der Waals surface area contributed by atoms with E-state index in [-0.39, 0.29) is 12.4 Å². The van der Waals surface area contributed by atoms with Crippen LogP contribution in [-0.2, 0) is 15.9 Å². The molecule has 172 valence electrons. The van der Waals surface area contributed by atoms with E-state index in [1.54, 1.807) is 0 Å². The van der Waals surface area contributed by atoms with Gasteiger partial charge in [-0.25, -0.2) is 0 Å². The molecule has 1 aliphatic rings. The summed E-state index contributed by atoms with van der Waals surface area (Å²) in [6.45, 7) is 5.08. The van der Waals surface area contributed by atoms with Crippen molar-refractivity contribution in [1.29, 1.82) is 0 Å². The predicted molar refractivity (Wildman–Crippen MR) is 141 cm³/mol. The van der Waals surface area contributed by atoms with Crippen LogP contribution in [0.3, 0.4) is 0 Å². The SMILES string of the molecule is C/C=C/CC(Cc1cc(C)ccc1P(c1ccccc1)c1ccccc1)OC1CCCCO1. The maximum atomic E-state index is 6.52. The van der Waals surface area contributed by atoms with Crippen LogP contribution >= 0.6 is 7.92 Å². The molecule has 1 aliphatic heterocycles. The minimum Gasteiger partial charge on any atom is -0.353 e. The molecule has 3 aromatic carbocycles. The summed E-state index contributed by atoms with van der Waals surface area (Å²) in [5.41, 5.74) is 2.68. The molecular weight excluding hydrogens is 423 g/mol. The van der Waals surface area contributed by atoms with Gasteiger partial charge >= 0.3 is 0 Å². The summed E-state index contributed by atoms with van der Waals surface area (Å²) in [6.07, 6.45) is 9.48. The first-order valence-corrected chi connectivity index (χ1v) is 13.5. The van der Waals surface area contributed by atoms with Crippen LogP contribution in [0.15, 0.2) is 91.0 Å². The highest BCUT2D eigenvalue weighted by Crippen LogP contribution is 2.35. The number of ether oxygens (including phenoxy) is 2. The summed E-state index contributed by atoms with van der Waals surface area (Å²) in [5.74, 6) is 0. The molecule has 2 atom stereocenters. The lowest BCUT2D eigenvalue weighted by atomic mass is 10.0. The molecule has 4 rings (SSSR count). The molecule has 0 N–H and O–H groups in total. The summed E-state index contributed by atoms with van der Waals surface area (Å²) in [6, 6.07) is 28.9. The maximum absolute atomic E-state index is 6.52. The number of allylic oxidation sites excluding steroid dienone is 1. The van der Waals surface area contributed by atoms with E-state index in [4.69, 9.17) is 9.47 Å². The van der Waals surface area contributed by atoms with Crippen molar-refractivity contribution in [2.75, 3.05) is 6.61 Å². The minimum absolute atomic E-state index is 0.0768. The molecule has 2 unspecified atom stereocenters. The Morgan fingerprint density at radius 1 is 0.970 bits per heavy atom. The molecule has 0 aliphatic carbocycles. The van der Waals surface area contributed by atoms with Crippen LogP contribution in [0.5, 0.6) is 0 Å². The average molecular weight is 459 g/mol. The second kappa shape index (κ2) is 12.3. The third-order valence-corrected chi connectivity index (χ3v) is 8.62. The van der Waals surface area contributed by atoms with Gasteiger partial charge in [-0.05, 0) is 75.4 Å². The lowest BCUT2D eigenvalue weighted by Crippen LogP contribution is -2.31. The lowest BCUT2D eigenvalue weighted by molar-refractivity contribution is -0.186. The second-order valence-electron chi connectivity index (χ2n) is 8.70. The van der Waals surface area contributed by atoms with E-state index < -0.39 is 7.92 Å². The summed E-state index contributed by atoms with van der Waals surface area (Å²) < 4.78 is 12.4. The molecular formula is C30H35O2P. The fourth-order valence-electron chi connectivity index (χ4n) is 4.43. The first kappa shape index (κ1) is 23.9. The van der Waals surface area contributed by atoms with Gasteiger partial charge in [-0.3, -0.25) is 0 Å². The van der Waals surface area contributed by atoms with Crippen molar-refractivity contribution in [3.63, 3.8) is 0 Å². The van der Waals surface area contributed by atoms with E-state index in [1.165, 1.54) is 33.5 Å². The lowest BCUT2D eigenvalue weighted by Gasteiger charge is -2.29. The van der Waals surface area contributed by atoms with Gasteiger partial charge in [-0.15, -0.1) is 0 Å². The first-order chi connectivity index (χ1) is 16.2. The molecule has 0 spiro atoms. The van der Waals surface area contributed by atoms with E-state index in [1.807, 2.05) is 0 Å². The standard InChI is InChI=1S/C30H35O2P/c1-3-4-13-26(32-30-18-11-12-21-31-30)23-25-22-24(2)19-20-29(25)33(27-14-7-5-8-15-27)28-16-9-6-10-17-28/h3-10,14-17,19-20,22,26,30H,11-13,18,21,23H2,1-2H3/b4-3+. The van der Waals surface area contributed by atoms with E-state index in [9.17, 15) is 0 Å². The smallest absolute Gasteiger partial charge is 0.157 e. The van der Waals surface area contributed by atoms with Crippen molar-refractivity contribution >= 4 is 23.8 Å². The highest BCUT2D eigenvalue weighted by atomic mass is 31.1. The Bertz CT molecular complexity index is 970. The van der Waals surface area contributed by atoms with Gasteiger partial charge in [-0.1, -0.05) is 96.6 Å². The Kier molecular flexibility index (Phi) is 8.89. The monoisotopic (exact) mass is 458 g/mol. The van der Waals surface area contributed by atoms with Gasteiger partial charge in [0.25, 0.3) is 0 Å². The molecule has 0 saturated carbocycles. The Morgan fingerprint density at radius 3 is 2.27 bits per heavy atom. The van der Waals surface area contributed by atoms with Crippen molar-refractivity contribution in [2.45, 2.75) is 58.3 Å². The highest BCUT2D eigenvalue weighted by molar-refractivity contribution is 7.79.